The Bertz CT molecular complexity index is 78.7. The van der Waals surface area contributed by atoms with Crippen molar-refractivity contribution in [3.05, 3.63) is 0 Å². The minimum absolute atomic E-state index is 0.846. The lowest BCUT2D eigenvalue weighted by Gasteiger charge is -2.29. The molecular weight excluding hydrogens is 122 g/mol. The van der Waals surface area contributed by atoms with Crippen molar-refractivity contribution in [2.24, 2.45) is 17.6 Å². The maximum absolute atomic E-state index is 5.67. The number of hydrogen-bond donors (Lipinski definition) is 1. The van der Waals surface area contributed by atoms with Gasteiger partial charge in [0, 0.05) is 0 Å². The molecular formula is C9H19N. The third-order valence-corrected chi connectivity index (χ3v) is 2.89. The smallest absolute Gasteiger partial charge is 0.00462 e. The number of rotatable bonds is 2. The summed E-state index contributed by atoms with van der Waals surface area (Å²) in [4.78, 5) is 0. The lowest BCUT2D eigenvalue weighted by molar-refractivity contribution is 0.237. The van der Waals surface area contributed by atoms with Gasteiger partial charge in [0.15, 0.2) is 0 Å². The van der Waals surface area contributed by atoms with Gasteiger partial charge < -0.3 is 5.73 Å². The Hall–Kier alpha value is -0.0400. The van der Waals surface area contributed by atoms with Gasteiger partial charge in [-0.2, -0.15) is 0 Å². The van der Waals surface area contributed by atoms with E-state index in [0.717, 1.165) is 18.4 Å². The molecule has 1 aliphatic rings. The van der Waals surface area contributed by atoms with Gasteiger partial charge in [-0.25, -0.2) is 0 Å². The summed E-state index contributed by atoms with van der Waals surface area (Å²) in [5.74, 6) is 1.79. The SMILES string of the molecule is CC[C@@H]1CCCC[C@H]1CN. The average Bonchev–Trinajstić information content (AvgIpc) is 2.04. The van der Waals surface area contributed by atoms with Crippen molar-refractivity contribution < 1.29 is 0 Å². The molecule has 1 saturated carbocycles. The van der Waals surface area contributed by atoms with Crippen molar-refractivity contribution >= 4 is 0 Å². The summed E-state index contributed by atoms with van der Waals surface area (Å²) < 4.78 is 0. The molecule has 60 valence electrons. The summed E-state index contributed by atoms with van der Waals surface area (Å²) in [5.41, 5.74) is 5.67. The van der Waals surface area contributed by atoms with Gasteiger partial charge in [0.1, 0.15) is 0 Å². The van der Waals surface area contributed by atoms with Gasteiger partial charge in [-0.3, -0.25) is 0 Å². The van der Waals surface area contributed by atoms with E-state index in [9.17, 15) is 0 Å². The highest BCUT2D eigenvalue weighted by Gasteiger charge is 2.21. The zero-order chi connectivity index (χ0) is 7.40. The molecule has 1 fully saturated rings. The fourth-order valence-corrected chi connectivity index (χ4v) is 2.13. The largest absolute Gasteiger partial charge is 0.330 e. The molecule has 1 rings (SSSR count). The van der Waals surface area contributed by atoms with Crippen LogP contribution in [0.15, 0.2) is 0 Å². The van der Waals surface area contributed by atoms with Crippen LogP contribution in [0, 0.1) is 11.8 Å². The van der Waals surface area contributed by atoms with Gasteiger partial charge in [-0.15, -0.1) is 0 Å². The molecule has 0 aliphatic heterocycles. The van der Waals surface area contributed by atoms with Crippen LogP contribution < -0.4 is 5.73 Å². The number of hydrogen-bond acceptors (Lipinski definition) is 1. The van der Waals surface area contributed by atoms with Crippen LogP contribution in [0.5, 0.6) is 0 Å². The first-order valence-electron chi connectivity index (χ1n) is 4.58. The quantitative estimate of drug-likeness (QED) is 0.626. The Kier molecular flexibility index (Phi) is 3.20. The zero-order valence-corrected chi connectivity index (χ0v) is 6.97. The monoisotopic (exact) mass is 141 g/mol. The highest BCUT2D eigenvalue weighted by atomic mass is 14.6. The normalized spacial score (nSPS) is 34.2. The first-order valence-corrected chi connectivity index (χ1v) is 4.58. The van der Waals surface area contributed by atoms with E-state index in [0.29, 0.717) is 0 Å². The van der Waals surface area contributed by atoms with E-state index in [2.05, 4.69) is 6.92 Å². The molecule has 0 amide bonds. The Morgan fingerprint density at radius 1 is 1.20 bits per heavy atom. The molecule has 0 aromatic rings. The molecule has 2 N–H and O–H groups in total. The number of nitrogens with two attached hydrogens (primary N) is 1. The lowest BCUT2D eigenvalue weighted by Crippen LogP contribution is -2.26. The van der Waals surface area contributed by atoms with Crippen LogP contribution in [0.25, 0.3) is 0 Å². The highest BCUT2D eigenvalue weighted by molar-refractivity contribution is 4.74. The molecule has 0 unspecified atom stereocenters. The van der Waals surface area contributed by atoms with Crippen molar-refractivity contribution in [1.82, 2.24) is 0 Å². The second-order valence-corrected chi connectivity index (χ2v) is 3.45. The molecule has 0 aromatic heterocycles. The minimum atomic E-state index is 0.846. The van der Waals surface area contributed by atoms with E-state index >= 15 is 0 Å². The molecule has 1 heteroatoms. The molecule has 1 nitrogen and oxygen atoms in total. The van der Waals surface area contributed by atoms with Gasteiger partial charge in [0.05, 0.1) is 0 Å². The van der Waals surface area contributed by atoms with Crippen LogP contribution in [0.4, 0.5) is 0 Å². The van der Waals surface area contributed by atoms with Crippen molar-refractivity contribution in [1.29, 1.82) is 0 Å². The minimum Gasteiger partial charge on any atom is -0.330 e. The lowest BCUT2D eigenvalue weighted by atomic mass is 9.78. The third kappa shape index (κ3) is 1.72. The van der Waals surface area contributed by atoms with Crippen LogP contribution in [0.1, 0.15) is 39.0 Å². The summed E-state index contributed by atoms with van der Waals surface area (Å²) in [6.45, 7) is 3.21. The van der Waals surface area contributed by atoms with E-state index < -0.39 is 0 Å². The van der Waals surface area contributed by atoms with Crippen molar-refractivity contribution in [2.45, 2.75) is 39.0 Å². The molecule has 10 heavy (non-hydrogen) atoms. The zero-order valence-electron chi connectivity index (χ0n) is 6.97. The Morgan fingerprint density at radius 2 is 1.80 bits per heavy atom. The van der Waals surface area contributed by atoms with Crippen molar-refractivity contribution in [2.75, 3.05) is 6.54 Å². The third-order valence-electron chi connectivity index (χ3n) is 2.89. The van der Waals surface area contributed by atoms with Gasteiger partial charge in [0.25, 0.3) is 0 Å². The predicted molar refractivity (Wildman–Crippen MR) is 44.8 cm³/mol. The van der Waals surface area contributed by atoms with Gasteiger partial charge in [-0.1, -0.05) is 32.6 Å². The van der Waals surface area contributed by atoms with Crippen molar-refractivity contribution in [3.8, 4) is 0 Å². The van der Waals surface area contributed by atoms with E-state index in [1.165, 1.54) is 32.1 Å². The summed E-state index contributed by atoms with van der Waals surface area (Å²) in [6.07, 6.45) is 7.00. The molecule has 1 aliphatic carbocycles. The fourth-order valence-electron chi connectivity index (χ4n) is 2.13. The first kappa shape index (κ1) is 8.06. The summed E-state index contributed by atoms with van der Waals surface area (Å²) in [7, 11) is 0. The summed E-state index contributed by atoms with van der Waals surface area (Å²) in [5, 5.41) is 0. The van der Waals surface area contributed by atoms with Gasteiger partial charge in [-0.05, 0) is 24.8 Å². The van der Waals surface area contributed by atoms with E-state index in [1.54, 1.807) is 0 Å². The van der Waals surface area contributed by atoms with E-state index in [4.69, 9.17) is 5.73 Å². The summed E-state index contributed by atoms with van der Waals surface area (Å²) >= 11 is 0. The van der Waals surface area contributed by atoms with Crippen LogP contribution in [-0.4, -0.2) is 6.54 Å². The maximum atomic E-state index is 5.67. The average molecular weight is 141 g/mol. The van der Waals surface area contributed by atoms with Crippen LogP contribution >= 0.6 is 0 Å². The van der Waals surface area contributed by atoms with Crippen molar-refractivity contribution in [3.63, 3.8) is 0 Å². The Morgan fingerprint density at radius 3 is 2.20 bits per heavy atom. The fraction of sp³-hybridized carbons (Fsp3) is 1.00. The molecule has 0 heterocycles. The summed E-state index contributed by atoms with van der Waals surface area (Å²) in [6, 6.07) is 0. The van der Waals surface area contributed by atoms with E-state index in [1.807, 2.05) is 0 Å². The molecule has 0 spiro atoms. The molecule has 0 bridgehead atoms. The Labute approximate surface area is 64.0 Å². The molecule has 2 atom stereocenters. The van der Waals surface area contributed by atoms with Gasteiger partial charge >= 0.3 is 0 Å². The van der Waals surface area contributed by atoms with Crippen LogP contribution in [-0.2, 0) is 0 Å². The first-order chi connectivity index (χ1) is 4.88. The second kappa shape index (κ2) is 3.97. The van der Waals surface area contributed by atoms with Gasteiger partial charge in [0.2, 0.25) is 0 Å². The Balaban J connectivity index is 2.34. The topological polar surface area (TPSA) is 26.0 Å². The standard InChI is InChI=1S/C9H19N/c1-2-8-5-3-4-6-9(8)7-10/h8-9H,2-7,10H2,1H3/t8-,9+/m1/s1. The highest BCUT2D eigenvalue weighted by Crippen LogP contribution is 2.30. The van der Waals surface area contributed by atoms with Crippen LogP contribution in [0.2, 0.25) is 0 Å². The predicted octanol–water partition coefficient (Wildman–Crippen LogP) is 2.16. The molecule has 0 saturated heterocycles. The maximum Gasteiger partial charge on any atom is -0.00462 e. The molecule has 0 aromatic carbocycles. The van der Waals surface area contributed by atoms with E-state index in [-0.39, 0.29) is 0 Å². The molecule has 0 radical (unpaired) electrons. The second-order valence-electron chi connectivity index (χ2n) is 3.45. The van der Waals surface area contributed by atoms with Crippen LogP contribution in [0.3, 0.4) is 0 Å².